The molecule has 15 heteroatoms. The highest BCUT2D eigenvalue weighted by molar-refractivity contribution is 7.90. The lowest BCUT2D eigenvalue weighted by Crippen LogP contribution is -2.36. The first-order valence-corrected chi connectivity index (χ1v) is 24.3. The van der Waals surface area contributed by atoms with Crippen LogP contribution in [0.25, 0.3) is 22.2 Å². The highest BCUT2D eigenvalue weighted by Gasteiger charge is 2.35. The summed E-state index contributed by atoms with van der Waals surface area (Å²) in [7, 11) is -2.40. The number of H-pyrrole nitrogens is 1. The van der Waals surface area contributed by atoms with Crippen LogP contribution in [0.1, 0.15) is 104 Å². The molecule has 2 atom stereocenters. The molecule has 340 valence electrons. The molecule has 0 spiro atoms. The minimum absolute atomic E-state index is 0.0293. The van der Waals surface area contributed by atoms with Crippen molar-refractivity contribution in [1.82, 2.24) is 24.5 Å². The zero-order chi connectivity index (χ0) is 45.3. The van der Waals surface area contributed by atoms with Gasteiger partial charge in [0.05, 0.1) is 27.2 Å². The van der Waals surface area contributed by atoms with E-state index in [1.54, 1.807) is 24.4 Å². The lowest BCUT2D eigenvalue weighted by atomic mass is 9.80. The Morgan fingerprint density at radius 1 is 1.00 bits per heavy atom. The summed E-state index contributed by atoms with van der Waals surface area (Å²) in [6.45, 7) is 5.34. The van der Waals surface area contributed by atoms with Crippen LogP contribution in [0.3, 0.4) is 0 Å². The molecule has 1 amide bonds. The highest BCUT2D eigenvalue weighted by atomic mass is 32.2. The van der Waals surface area contributed by atoms with Gasteiger partial charge in [-0.2, -0.15) is 0 Å². The van der Waals surface area contributed by atoms with Crippen molar-refractivity contribution in [2.45, 2.75) is 93.7 Å². The fourth-order valence-electron chi connectivity index (χ4n) is 10.1. The van der Waals surface area contributed by atoms with Crippen LogP contribution in [-0.4, -0.2) is 89.0 Å². The van der Waals surface area contributed by atoms with Crippen LogP contribution in [0.2, 0.25) is 0 Å². The van der Waals surface area contributed by atoms with E-state index in [0.717, 1.165) is 93.6 Å². The summed E-state index contributed by atoms with van der Waals surface area (Å²) in [6, 6.07) is 22.0. The fraction of sp³-hybridized carbons (Fsp3) is 0.400. The largest absolute Gasteiger partial charge is 0.455 e. The van der Waals surface area contributed by atoms with Gasteiger partial charge in [-0.25, -0.2) is 18.1 Å². The van der Waals surface area contributed by atoms with Gasteiger partial charge >= 0.3 is 0 Å². The third-order valence-electron chi connectivity index (χ3n) is 13.9. The van der Waals surface area contributed by atoms with Gasteiger partial charge in [0.1, 0.15) is 22.8 Å². The normalized spacial score (nSPS) is 23.2. The van der Waals surface area contributed by atoms with Gasteiger partial charge in [0.25, 0.3) is 21.6 Å². The number of benzene rings is 3. The number of nitrogens with zero attached hydrogens (tertiary/aromatic N) is 4. The third kappa shape index (κ3) is 9.88. The summed E-state index contributed by atoms with van der Waals surface area (Å²) in [5, 5.41) is 26.4. The number of pyridine rings is 1. The Morgan fingerprint density at radius 2 is 1.83 bits per heavy atom. The Morgan fingerprint density at radius 3 is 2.60 bits per heavy atom. The molecule has 2 aromatic heterocycles. The molecule has 65 heavy (non-hydrogen) atoms. The average molecular weight is 900 g/mol. The Hall–Kier alpha value is -5.87. The van der Waals surface area contributed by atoms with Crippen molar-refractivity contribution in [2.75, 3.05) is 38.5 Å². The number of aliphatic hydroxyl groups is 1. The van der Waals surface area contributed by atoms with Crippen LogP contribution in [0.15, 0.2) is 102 Å². The molecule has 9 rings (SSSR count). The van der Waals surface area contributed by atoms with Crippen LogP contribution < -0.4 is 14.8 Å². The maximum atomic E-state index is 14.0. The van der Waals surface area contributed by atoms with Gasteiger partial charge in [-0.15, -0.1) is 0 Å². The molecule has 2 aliphatic carbocycles. The maximum absolute atomic E-state index is 14.0. The number of aromatic nitrogens is 2. The van der Waals surface area contributed by atoms with Crippen LogP contribution in [0, 0.1) is 16.0 Å². The zero-order valence-corrected chi connectivity index (χ0v) is 37.8. The molecule has 5 aromatic rings. The van der Waals surface area contributed by atoms with E-state index >= 15 is 0 Å². The lowest BCUT2D eigenvalue weighted by molar-refractivity contribution is -0.384. The molecule has 2 aliphatic heterocycles. The number of ether oxygens (including phenoxy) is 1. The Labute approximate surface area is 380 Å². The molecular formula is C50H57N7O7S. The van der Waals surface area contributed by atoms with Crippen LogP contribution in [0.5, 0.6) is 11.5 Å². The van der Waals surface area contributed by atoms with E-state index < -0.39 is 37.0 Å². The number of likely N-dealkylation sites (tertiary alicyclic amines) is 1. The number of nitro groups is 1. The van der Waals surface area contributed by atoms with Crippen molar-refractivity contribution in [3.05, 3.63) is 130 Å². The molecule has 1 saturated heterocycles. The predicted molar refractivity (Wildman–Crippen MR) is 252 cm³/mol. The molecule has 1 unspecified atom stereocenters. The van der Waals surface area contributed by atoms with Gasteiger partial charge in [0, 0.05) is 49.4 Å². The summed E-state index contributed by atoms with van der Waals surface area (Å²) in [4.78, 5) is 37.7. The molecule has 0 radical (unpaired) electrons. The first kappa shape index (κ1) is 44.3. The summed E-state index contributed by atoms with van der Waals surface area (Å²) in [5.41, 5.74) is 5.91. The van der Waals surface area contributed by atoms with Crippen molar-refractivity contribution in [1.29, 1.82) is 0 Å². The van der Waals surface area contributed by atoms with Crippen LogP contribution >= 0.6 is 0 Å². The summed E-state index contributed by atoms with van der Waals surface area (Å²) >= 11 is 0. The minimum Gasteiger partial charge on any atom is -0.455 e. The quantitative estimate of drug-likeness (QED) is 0.0653. The number of hydrogen-bond acceptors (Lipinski definition) is 11. The van der Waals surface area contributed by atoms with Gasteiger partial charge in [-0.1, -0.05) is 42.5 Å². The second-order valence-electron chi connectivity index (χ2n) is 18.5. The first-order chi connectivity index (χ1) is 31.3. The van der Waals surface area contributed by atoms with Gasteiger partial charge < -0.3 is 25.0 Å². The van der Waals surface area contributed by atoms with Crippen molar-refractivity contribution < 1.29 is 28.0 Å². The van der Waals surface area contributed by atoms with Gasteiger partial charge in [-0.3, -0.25) is 19.8 Å². The number of likely N-dealkylation sites (N-methyl/N-ethyl adjacent to an activating group) is 1. The fourth-order valence-corrected chi connectivity index (χ4v) is 11.1. The first-order valence-electron chi connectivity index (χ1n) is 22.8. The smallest absolute Gasteiger partial charge is 0.293 e. The molecule has 14 nitrogen and oxygen atoms in total. The van der Waals surface area contributed by atoms with Crippen molar-refractivity contribution in [3.8, 4) is 11.5 Å². The van der Waals surface area contributed by atoms with Gasteiger partial charge in [-0.05, 0) is 155 Å². The van der Waals surface area contributed by atoms with E-state index in [1.807, 2.05) is 19.1 Å². The Bertz CT molecular complexity index is 2770. The van der Waals surface area contributed by atoms with E-state index in [-0.39, 0.29) is 22.9 Å². The van der Waals surface area contributed by atoms with Crippen LogP contribution in [0.4, 0.5) is 11.4 Å². The van der Waals surface area contributed by atoms with E-state index in [9.17, 15) is 28.4 Å². The number of aromatic amines is 1. The topological polar surface area (TPSA) is 183 Å². The van der Waals surface area contributed by atoms with Crippen molar-refractivity contribution >= 4 is 49.5 Å². The standard InChI is InChI=1S/C50H57N7O7S/c1-50(59)22-17-33(18-23-50)31-52-44-16-14-40(30-46(44)57(60)61)65(62,63)54-49(58)43-15-11-36(29-47(43)64-39-28-37-19-24-51-48(37)53-32-39)34-9-12-38(13-10-34)56-25-5-8-45(56)42-7-4-3-6-41(42)35-20-26-55(2)27-21-35/h3-4,6-7,9,11,14-16,19-20,24,28-30,32-33,38,45,52,59H,5,8,10,12-13,17-18,21-23,25-27,31H2,1-2H3,(H,51,53)(H,54,58)/t33-,38?,45-,50-/m1/s1. The Kier molecular flexibility index (Phi) is 12.7. The SMILES string of the molecule is CN1CC=C(c2ccccc2[C@H]2CCCN2C2CC=C(c3ccc(C(=O)NS(=O)(=O)c4ccc(NC[C@H]5CC[C@](C)(O)CC5)c([N+](=O)[O-])c4)c(Oc4cnc5[nH]ccc5c4)c3)CC2)CC1. The summed E-state index contributed by atoms with van der Waals surface area (Å²) < 4.78 is 36.0. The highest BCUT2D eigenvalue weighted by Crippen LogP contribution is 2.43. The van der Waals surface area contributed by atoms with E-state index in [0.29, 0.717) is 42.9 Å². The van der Waals surface area contributed by atoms with Crippen LogP contribution in [-0.2, 0) is 10.0 Å². The monoisotopic (exact) mass is 899 g/mol. The molecule has 4 N–H and O–H groups in total. The number of nitrogens with one attached hydrogen (secondary N) is 3. The van der Waals surface area contributed by atoms with Gasteiger partial charge in [0.2, 0.25) is 0 Å². The van der Waals surface area contributed by atoms with Crippen molar-refractivity contribution in [2.24, 2.45) is 5.92 Å². The number of allylic oxidation sites excluding steroid dienone is 1. The number of hydrogen-bond donors (Lipinski definition) is 4. The average Bonchev–Trinajstić information content (AvgIpc) is 3.99. The minimum atomic E-state index is -4.57. The zero-order valence-electron chi connectivity index (χ0n) is 37.0. The lowest BCUT2D eigenvalue weighted by Gasteiger charge is -2.36. The van der Waals surface area contributed by atoms with Crippen molar-refractivity contribution in [3.63, 3.8) is 0 Å². The summed E-state index contributed by atoms with van der Waals surface area (Å²) in [6.07, 6.45) is 16.8. The van der Waals surface area contributed by atoms with E-state index in [4.69, 9.17) is 4.74 Å². The molecule has 1 saturated carbocycles. The molecule has 4 aliphatic rings. The Balaban J connectivity index is 0.939. The van der Waals surface area contributed by atoms with E-state index in [2.05, 4.69) is 73.3 Å². The number of carbonyl (C=O) groups excluding carboxylic acids is 1. The number of fused-ring (bicyclic) bond motifs is 1. The number of rotatable bonds is 13. The third-order valence-corrected chi connectivity index (χ3v) is 15.2. The number of carbonyl (C=O) groups is 1. The second kappa shape index (κ2) is 18.6. The molecule has 4 heterocycles. The number of sulfonamides is 1. The molecule has 2 fully saturated rings. The second-order valence-corrected chi connectivity index (χ2v) is 20.2. The summed E-state index contributed by atoms with van der Waals surface area (Å²) in [5.74, 6) is -0.244. The van der Waals surface area contributed by atoms with Gasteiger partial charge in [0.15, 0.2) is 0 Å². The number of anilines is 1. The van der Waals surface area contributed by atoms with E-state index in [1.165, 1.54) is 35.0 Å². The number of nitro benzene ring substituents is 1. The number of amides is 1. The molecular weight excluding hydrogens is 843 g/mol. The maximum Gasteiger partial charge on any atom is 0.293 e. The molecule has 3 aromatic carbocycles. The predicted octanol–water partition coefficient (Wildman–Crippen LogP) is 9.23. The molecule has 0 bridgehead atoms.